The van der Waals surface area contributed by atoms with Gasteiger partial charge >= 0.3 is 6.18 Å². The summed E-state index contributed by atoms with van der Waals surface area (Å²) in [4.78, 5) is 0. The Hall–Kier alpha value is -3.23. The maximum atomic E-state index is 13.8. The number of hydrogen-bond donors (Lipinski definition) is 1. The van der Waals surface area contributed by atoms with Gasteiger partial charge in [-0.3, -0.25) is 0 Å². The van der Waals surface area contributed by atoms with E-state index in [9.17, 15) is 18.3 Å². The molecule has 0 fully saturated rings. The van der Waals surface area contributed by atoms with Crippen LogP contribution in [-0.2, 0) is 16.9 Å². The zero-order valence-corrected chi connectivity index (χ0v) is 16.3. The highest BCUT2D eigenvalue weighted by molar-refractivity contribution is 5.46. The minimum Gasteiger partial charge on any atom is -0.457 e. The van der Waals surface area contributed by atoms with Crippen LogP contribution in [0.4, 0.5) is 13.2 Å². The topological polar surface area (TPSA) is 57.2 Å². The highest BCUT2D eigenvalue weighted by Gasteiger charge is 2.55. The predicted octanol–water partition coefficient (Wildman–Crippen LogP) is 5.17. The molecule has 8 heteroatoms. The van der Waals surface area contributed by atoms with Gasteiger partial charge < -0.3 is 24.1 Å². The molecule has 0 bridgehead atoms. The van der Waals surface area contributed by atoms with Crippen molar-refractivity contribution in [1.29, 1.82) is 0 Å². The molecular formula is C23H19F3O5. The normalized spacial score (nSPS) is 14.8. The van der Waals surface area contributed by atoms with Crippen molar-refractivity contribution in [1.82, 2.24) is 0 Å². The molecule has 0 amide bonds. The van der Waals surface area contributed by atoms with Gasteiger partial charge in [0.25, 0.3) is 0 Å². The molecule has 31 heavy (non-hydrogen) atoms. The Morgan fingerprint density at radius 1 is 0.839 bits per heavy atom. The number of fused-ring (bicyclic) bond motifs is 1. The quantitative estimate of drug-likeness (QED) is 0.558. The second-order valence-corrected chi connectivity index (χ2v) is 6.98. The molecule has 1 N–H and O–H groups in total. The number of rotatable bonds is 7. The van der Waals surface area contributed by atoms with E-state index in [1.807, 2.05) is 18.2 Å². The average molecular weight is 432 g/mol. The number of aliphatic hydroxyl groups is 1. The highest BCUT2D eigenvalue weighted by atomic mass is 19.4. The Bertz CT molecular complexity index is 1040. The monoisotopic (exact) mass is 432 g/mol. The molecule has 0 radical (unpaired) electrons. The molecule has 1 unspecified atom stereocenters. The summed E-state index contributed by atoms with van der Waals surface area (Å²) in [7, 11) is 0. The van der Waals surface area contributed by atoms with E-state index in [2.05, 4.69) is 0 Å². The largest absolute Gasteiger partial charge is 0.457 e. The van der Waals surface area contributed by atoms with Gasteiger partial charge in [-0.05, 0) is 47.5 Å². The number of hydrogen-bond acceptors (Lipinski definition) is 5. The minimum atomic E-state index is -4.96. The molecule has 0 aliphatic carbocycles. The van der Waals surface area contributed by atoms with E-state index in [1.165, 1.54) is 6.07 Å². The molecule has 3 aromatic carbocycles. The fraction of sp³-hybridized carbons (Fsp3) is 0.217. The van der Waals surface area contributed by atoms with Crippen LogP contribution in [0.5, 0.6) is 23.0 Å². The van der Waals surface area contributed by atoms with Gasteiger partial charge in [0.15, 0.2) is 11.5 Å². The van der Waals surface area contributed by atoms with E-state index in [4.69, 9.17) is 18.9 Å². The number of halogens is 3. The summed E-state index contributed by atoms with van der Waals surface area (Å²) in [5, 5.41) is 10.5. The van der Waals surface area contributed by atoms with Crippen molar-refractivity contribution >= 4 is 0 Å². The van der Waals surface area contributed by atoms with Gasteiger partial charge in [0.1, 0.15) is 11.5 Å². The van der Waals surface area contributed by atoms with Gasteiger partial charge in [0.05, 0.1) is 13.2 Å². The van der Waals surface area contributed by atoms with Crippen LogP contribution in [0.15, 0.2) is 72.8 Å². The first-order valence-electron chi connectivity index (χ1n) is 9.44. The molecule has 162 valence electrons. The van der Waals surface area contributed by atoms with Crippen molar-refractivity contribution in [3.63, 3.8) is 0 Å². The Morgan fingerprint density at radius 2 is 1.58 bits per heavy atom. The Balaban J connectivity index is 1.46. The van der Waals surface area contributed by atoms with Gasteiger partial charge in [0, 0.05) is 0 Å². The average Bonchev–Trinajstić information content (AvgIpc) is 3.22. The zero-order chi connectivity index (χ0) is 21.9. The third-order valence-corrected chi connectivity index (χ3v) is 4.78. The minimum absolute atomic E-state index is 0.0822. The van der Waals surface area contributed by atoms with Crippen LogP contribution >= 0.6 is 0 Å². The molecule has 1 heterocycles. The molecule has 1 atom stereocenters. The summed E-state index contributed by atoms with van der Waals surface area (Å²) in [6.07, 6.45) is -4.96. The van der Waals surface area contributed by atoms with Crippen molar-refractivity contribution in [2.45, 2.75) is 18.4 Å². The first-order valence-corrected chi connectivity index (χ1v) is 9.44. The smallest absolute Gasteiger partial charge is 0.423 e. The van der Waals surface area contributed by atoms with E-state index < -0.39 is 18.4 Å². The second-order valence-electron chi connectivity index (χ2n) is 6.98. The Morgan fingerprint density at radius 3 is 2.35 bits per heavy atom. The summed E-state index contributed by atoms with van der Waals surface area (Å²) >= 11 is 0. The first kappa shape index (κ1) is 21.0. The van der Waals surface area contributed by atoms with Crippen molar-refractivity contribution in [3.05, 3.63) is 83.9 Å². The molecule has 3 aromatic rings. The van der Waals surface area contributed by atoms with Crippen LogP contribution in [0.1, 0.15) is 11.1 Å². The number of alkyl halides is 3. The van der Waals surface area contributed by atoms with E-state index in [-0.39, 0.29) is 24.7 Å². The first-order chi connectivity index (χ1) is 14.8. The standard InChI is InChI=1S/C23H19F3O5/c24-23(25,26)22(27,17-9-10-20-21(12-17)30-15-29-20)14-28-13-16-5-4-8-19(11-16)31-18-6-2-1-3-7-18/h1-12,27H,13-15H2. The van der Waals surface area contributed by atoms with E-state index >= 15 is 0 Å². The lowest BCUT2D eigenvalue weighted by atomic mass is 9.93. The van der Waals surface area contributed by atoms with E-state index in [0.717, 1.165) is 12.1 Å². The van der Waals surface area contributed by atoms with Crippen LogP contribution in [-0.4, -0.2) is 24.7 Å². The lowest BCUT2D eigenvalue weighted by molar-refractivity contribution is -0.283. The van der Waals surface area contributed by atoms with E-state index in [0.29, 0.717) is 22.8 Å². The van der Waals surface area contributed by atoms with Gasteiger partial charge in [-0.15, -0.1) is 0 Å². The fourth-order valence-electron chi connectivity index (χ4n) is 3.12. The van der Waals surface area contributed by atoms with Crippen LogP contribution < -0.4 is 14.2 Å². The molecule has 0 saturated heterocycles. The zero-order valence-electron chi connectivity index (χ0n) is 16.3. The predicted molar refractivity (Wildman–Crippen MR) is 105 cm³/mol. The number of benzene rings is 3. The van der Waals surface area contributed by atoms with Crippen LogP contribution in [0.3, 0.4) is 0 Å². The maximum Gasteiger partial charge on any atom is 0.423 e. The summed E-state index contributed by atoms with van der Waals surface area (Å²) in [6.45, 7) is -1.21. The Labute approximate surface area is 176 Å². The molecule has 0 spiro atoms. The fourth-order valence-corrected chi connectivity index (χ4v) is 3.12. The molecule has 5 nitrogen and oxygen atoms in total. The maximum absolute atomic E-state index is 13.8. The number of ether oxygens (including phenoxy) is 4. The van der Waals surface area contributed by atoms with Gasteiger partial charge in [-0.1, -0.05) is 36.4 Å². The third-order valence-electron chi connectivity index (χ3n) is 4.78. The van der Waals surface area contributed by atoms with Crippen LogP contribution in [0, 0.1) is 0 Å². The van der Waals surface area contributed by atoms with Crippen molar-refractivity contribution in [3.8, 4) is 23.0 Å². The number of para-hydroxylation sites is 1. The molecule has 1 aliphatic rings. The van der Waals surface area contributed by atoms with Crippen molar-refractivity contribution < 1.29 is 37.2 Å². The van der Waals surface area contributed by atoms with Crippen molar-refractivity contribution in [2.24, 2.45) is 0 Å². The van der Waals surface area contributed by atoms with Gasteiger partial charge in [-0.2, -0.15) is 13.2 Å². The summed E-state index contributed by atoms with van der Waals surface area (Å²) in [5.41, 5.74) is -2.99. The summed E-state index contributed by atoms with van der Waals surface area (Å²) in [6, 6.07) is 19.5. The lowest BCUT2D eigenvalue weighted by Crippen LogP contribution is -2.46. The van der Waals surface area contributed by atoms with Gasteiger partial charge in [-0.25, -0.2) is 0 Å². The van der Waals surface area contributed by atoms with Crippen molar-refractivity contribution in [2.75, 3.05) is 13.4 Å². The lowest BCUT2D eigenvalue weighted by Gasteiger charge is -2.30. The van der Waals surface area contributed by atoms with Crippen LogP contribution in [0.2, 0.25) is 0 Å². The SMILES string of the molecule is OC(COCc1cccc(Oc2ccccc2)c1)(c1ccc2c(c1)OCO2)C(F)(F)F. The molecule has 1 aliphatic heterocycles. The van der Waals surface area contributed by atoms with E-state index in [1.54, 1.807) is 36.4 Å². The Kier molecular flexibility index (Phi) is 5.75. The summed E-state index contributed by atoms with van der Waals surface area (Å²) in [5.74, 6) is 1.62. The molecular weight excluding hydrogens is 413 g/mol. The summed E-state index contributed by atoms with van der Waals surface area (Å²) < 4.78 is 62.5. The third kappa shape index (κ3) is 4.60. The second kappa shape index (κ2) is 8.49. The van der Waals surface area contributed by atoms with Crippen LogP contribution in [0.25, 0.3) is 0 Å². The molecule has 4 rings (SSSR count). The molecule has 0 aromatic heterocycles. The highest BCUT2D eigenvalue weighted by Crippen LogP contribution is 2.43. The molecule has 0 saturated carbocycles. The van der Waals surface area contributed by atoms with Gasteiger partial charge in [0.2, 0.25) is 12.4 Å².